The van der Waals surface area contributed by atoms with Crippen LogP contribution in [0.4, 0.5) is 0 Å². The van der Waals surface area contributed by atoms with Crippen molar-refractivity contribution in [2.24, 2.45) is 0 Å². The highest BCUT2D eigenvalue weighted by atomic mass is 16.1. The summed E-state index contributed by atoms with van der Waals surface area (Å²) in [4.78, 5) is 10.7. The minimum Gasteiger partial charge on any atom is -0.300 e. The predicted molar refractivity (Wildman–Crippen MR) is 46.3 cm³/mol. The number of allylic oxidation sites excluding steroid dienone is 6. The zero-order valence-electron chi connectivity index (χ0n) is 6.71. The molecule has 0 amide bonds. The molecule has 0 aromatic heterocycles. The maximum atomic E-state index is 10.7. The molecule has 1 nitrogen and oxygen atoms in total. The van der Waals surface area contributed by atoms with E-state index in [-0.39, 0.29) is 5.78 Å². The van der Waals surface area contributed by atoms with Gasteiger partial charge in [-0.2, -0.15) is 0 Å². The second-order valence-corrected chi connectivity index (χ2v) is 2.72. The number of Topliss-reactive ketones (excluding diaryl/α,β-unsaturated/α-hetero) is 1. The predicted octanol–water partition coefficient (Wildman–Crippen LogP) is 2.41. The van der Waals surface area contributed by atoms with Crippen LogP contribution in [-0.2, 0) is 4.79 Å². The number of carbonyl (C=O) groups is 1. The summed E-state index contributed by atoms with van der Waals surface area (Å²) in [6, 6.07) is 0. The Morgan fingerprint density at radius 2 is 2.27 bits per heavy atom. The molecule has 0 saturated heterocycles. The first kappa shape index (κ1) is 7.99. The number of carbonyl (C=O) groups excluding carboxylic acids is 1. The molecule has 0 aliphatic heterocycles. The molecule has 0 bridgehead atoms. The maximum absolute atomic E-state index is 10.7. The molecule has 1 heteroatoms. The van der Waals surface area contributed by atoms with Crippen LogP contribution in [0.15, 0.2) is 36.0 Å². The molecule has 0 aromatic rings. The lowest BCUT2D eigenvalue weighted by molar-refractivity contribution is -0.116. The van der Waals surface area contributed by atoms with Crippen molar-refractivity contribution in [3.05, 3.63) is 36.0 Å². The van der Waals surface area contributed by atoms with Crippen molar-refractivity contribution < 1.29 is 4.79 Å². The van der Waals surface area contributed by atoms with Crippen molar-refractivity contribution in [2.75, 3.05) is 0 Å². The van der Waals surface area contributed by atoms with Gasteiger partial charge in [-0.15, -0.1) is 0 Å². The van der Waals surface area contributed by atoms with Crippen LogP contribution in [0.5, 0.6) is 0 Å². The smallest absolute Gasteiger partial charge is 0.133 e. The summed E-state index contributed by atoms with van der Waals surface area (Å²) in [5.74, 6) is 0.236. The molecule has 0 aromatic carbocycles. The molecular weight excluding hydrogens is 136 g/mol. The Bertz CT molecular complexity index is 231. The molecule has 1 rings (SSSR count). The molecule has 0 fully saturated rings. The first-order chi connectivity index (χ1) is 5.29. The normalized spacial score (nSPS) is 15.9. The standard InChI is InChI=1S/C10H12O/c1-9(11)8-10-6-4-2-3-5-7-10/h2-6H,7-8H2,1H3. The summed E-state index contributed by atoms with van der Waals surface area (Å²) in [5, 5.41) is 0. The van der Waals surface area contributed by atoms with Crippen LogP contribution in [0.1, 0.15) is 19.8 Å². The Kier molecular flexibility index (Phi) is 2.84. The lowest BCUT2D eigenvalue weighted by atomic mass is 10.1. The molecule has 11 heavy (non-hydrogen) atoms. The van der Waals surface area contributed by atoms with Gasteiger partial charge in [0.25, 0.3) is 0 Å². The Hall–Kier alpha value is -1.11. The van der Waals surface area contributed by atoms with Crippen LogP contribution >= 0.6 is 0 Å². The van der Waals surface area contributed by atoms with Crippen LogP contribution in [0.25, 0.3) is 0 Å². The highest BCUT2D eigenvalue weighted by Gasteiger charge is 1.98. The number of rotatable bonds is 2. The molecule has 1 aliphatic carbocycles. The first-order valence-electron chi connectivity index (χ1n) is 3.80. The van der Waals surface area contributed by atoms with Crippen molar-refractivity contribution in [2.45, 2.75) is 19.8 Å². The van der Waals surface area contributed by atoms with E-state index in [4.69, 9.17) is 0 Å². The second kappa shape index (κ2) is 3.91. The quantitative estimate of drug-likeness (QED) is 0.587. The van der Waals surface area contributed by atoms with Gasteiger partial charge in [0.2, 0.25) is 0 Å². The van der Waals surface area contributed by atoms with Gasteiger partial charge >= 0.3 is 0 Å². The van der Waals surface area contributed by atoms with Crippen LogP contribution < -0.4 is 0 Å². The van der Waals surface area contributed by atoms with Gasteiger partial charge < -0.3 is 0 Å². The van der Waals surface area contributed by atoms with E-state index in [0.29, 0.717) is 6.42 Å². The summed E-state index contributed by atoms with van der Waals surface area (Å²) in [5.41, 5.74) is 1.20. The van der Waals surface area contributed by atoms with Crippen molar-refractivity contribution in [3.8, 4) is 0 Å². The Morgan fingerprint density at radius 3 is 3.00 bits per heavy atom. The Labute approximate surface area is 67.1 Å². The van der Waals surface area contributed by atoms with Gasteiger partial charge in [-0.25, -0.2) is 0 Å². The van der Waals surface area contributed by atoms with Crippen LogP contribution in [0, 0.1) is 0 Å². The zero-order chi connectivity index (χ0) is 8.10. The molecule has 0 spiro atoms. The fourth-order valence-corrected chi connectivity index (χ4v) is 1.07. The van der Waals surface area contributed by atoms with Gasteiger partial charge in [-0.05, 0) is 13.3 Å². The molecule has 0 heterocycles. The van der Waals surface area contributed by atoms with E-state index in [1.165, 1.54) is 5.57 Å². The SMILES string of the molecule is CC(=O)CC1=CC=CC=CC1. The van der Waals surface area contributed by atoms with E-state index in [0.717, 1.165) is 6.42 Å². The number of hydrogen-bond acceptors (Lipinski definition) is 1. The maximum Gasteiger partial charge on any atom is 0.133 e. The summed E-state index contributed by atoms with van der Waals surface area (Å²) < 4.78 is 0. The van der Waals surface area contributed by atoms with E-state index >= 15 is 0 Å². The van der Waals surface area contributed by atoms with E-state index in [1.54, 1.807) is 6.92 Å². The van der Waals surface area contributed by atoms with Gasteiger partial charge in [-0.1, -0.05) is 36.0 Å². The monoisotopic (exact) mass is 148 g/mol. The van der Waals surface area contributed by atoms with Gasteiger partial charge in [-0.3, -0.25) is 4.79 Å². The molecular formula is C10H12O. The van der Waals surface area contributed by atoms with Gasteiger partial charge in [0.1, 0.15) is 5.78 Å². The highest BCUT2D eigenvalue weighted by Crippen LogP contribution is 2.11. The second-order valence-electron chi connectivity index (χ2n) is 2.72. The number of hydrogen-bond donors (Lipinski definition) is 0. The highest BCUT2D eigenvalue weighted by molar-refractivity contribution is 5.78. The van der Waals surface area contributed by atoms with Crippen molar-refractivity contribution in [3.63, 3.8) is 0 Å². The molecule has 1 aliphatic rings. The Balaban J connectivity index is 2.57. The number of ketones is 1. The van der Waals surface area contributed by atoms with Crippen LogP contribution in [-0.4, -0.2) is 5.78 Å². The molecule has 0 N–H and O–H groups in total. The van der Waals surface area contributed by atoms with Crippen LogP contribution in [0.3, 0.4) is 0 Å². The minimum atomic E-state index is 0.236. The topological polar surface area (TPSA) is 17.1 Å². The molecule has 0 radical (unpaired) electrons. The average Bonchev–Trinajstić information content (AvgIpc) is 2.14. The molecule has 0 saturated carbocycles. The average molecular weight is 148 g/mol. The van der Waals surface area contributed by atoms with E-state index in [2.05, 4.69) is 6.08 Å². The van der Waals surface area contributed by atoms with E-state index in [9.17, 15) is 4.79 Å². The fourth-order valence-electron chi connectivity index (χ4n) is 1.07. The summed E-state index contributed by atoms with van der Waals surface area (Å²) in [7, 11) is 0. The van der Waals surface area contributed by atoms with Crippen LogP contribution in [0.2, 0.25) is 0 Å². The van der Waals surface area contributed by atoms with Crippen molar-refractivity contribution >= 4 is 5.78 Å². The van der Waals surface area contributed by atoms with Crippen molar-refractivity contribution in [1.29, 1.82) is 0 Å². The Morgan fingerprint density at radius 1 is 1.45 bits per heavy atom. The summed E-state index contributed by atoms with van der Waals surface area (Å²) in [6.45, 7) is 1.62. The molecule has 58 valence electrons. The zero-order valence-corrected chi connectivity index (χ0v) is 6.71. The minimum absolute atomic E-state index is 0.236. The first-order valence-corrected chi connectivity index (χ1v) is 3.80. The molecule has 0 unspecified atom stereocenters. The van der Waals surface area contributed by atoms with E-state index in [1.807, 2.05) is 24.3 Å². The lowest BCUT2D eigenvalue weighted by Gasteiger charge is -1.97. The van der Waals surface area contributed by atoms with E-state index < -0.39 is 0 Å². The fraction of sp³-hybridized carbons (Fsp3) is 0.300. The summed E-state index contributed by atoms with van der Waals surface area (Å²) >= 11 is 0. The molecule has 0 atom stereocenters. The lowest BCUT2D eigenvalue weighted by Crippen LogP contribution is -1.92. The van der Waals surface area contributed by atoms with Crippen molar-refractivity contribution in [1.82, 2.24) is 0 Å². The third kappa shape index (κ3) is 2.99. The van der Waals surface area contributed by atoms with Gasteiger partial charge in [0, 0.05) is 6.42 Å². The van der Waals surface area contributed by atoms with Gasteiger partial charge in [0.05, 0.1) is 0 Å². The van der Waals surface area contributed by atoms with Gasteiger partial charge in [0.15, 0.2) is 0 Å². The largest absolute Gasteiger partial charge is 0.300 e. The third-order valence-electron chi connectivity index (χ3n) is 1.55. The summed E-state index contributed by atoms with van der Waals surface area (Å²) in [6.07, 6.45) is 11.5. The third-order valence-corrected chi connectivity index (χ3v) is 1.55.